The summed E-state index contributed by atoms with van der Waals surface area (Å²) in [5.74, 6) is -0.0890. The molecular formula is C35H34ClN3O5S. The molecule has 0 bridgehead atoms. The molecule has 0 saturated heterocycles. The first-order valence-corrected chi connectivity index (χ1v) is 15.4. The molecule has 45 heavy (non-hydrogen) atoms. The molecule has 0 heterocycles. The van der Waals surface area contributed by atoms with Crippen molar-refractivity contribution >= 4 is 58.5 Å². The summed E-state index contributed by atoms with van der Waals surface area (Å²) < 4.78 is 10.8. The zero-order chi connectivity index (χ0) is 32.3. The predicted octanol–water partition coefficient (Wildman–Crippen LogP) is 7.58. The molecule has 4 aromatic rings. The Labute approximate surface area is 272 Å². The molecule has 4 rings (SSSR count). The van der Waals surface area contributed by atoms with Gasteiger partial charge in [0.15, 0.2) is 0 Å². The Morgan fingerprint density at radius 1 is 0.889 bits per heavy atom. The minimum atomic E-state index is -0.541. The van der Waals surface area contributed by atoms with Crippen LogP contribution in [0.1, 0.15) is 34.8 Å². The topological polar surface area (TPSA) is 106 Å². The Hall–Kier alpha value is -4.73. The smallest absolute Gasteiger partial charge is 0.272 e. The SMILES string of the molecule is CCC(Sc1cccc(NC(=O)/C(=C\c2ccc(OC)cc2OC)NC(=O)c2ccccc2)c1)C(=O)Nc1cccc(Cl)c1C. The van der Waals surface area contributed by atoms with Crippen LogP contribution in [0.3, 0.4) is 0 Å². The van der Waals surface area contributed by atoms with Gasteiger partial charge in [-0.15, -0.1) is 11.8 Å². The van der Waals surface area contributed by atoms with Gasteiger partial charge >= 0.3 is 0 Å². The van der Waals surface area contributed by atoms with Gasteiger partial charge in [-0.1, -0.05) is 48.9 Å². The minimum Gasteiger partial charge on any atom is -0.497 e. The second kappa shape index (κ2) is 15.8. The molecule has 0 aliphatic carbocycles. The van der Waals surface area contributed by atoms with Gasteiger partial charge in [0.2, 0.25) is 5.91 Å². The van der Waals surface area contributed by atoms with Crippen molar-refractivity contribution in [3.63, 3.8) is 0 Å². The standard InChI is InChI=1S/C35H34ClN3O5S/c1-5-32(35(42)38-29-16-10-15-28(36)22(29)2)45-27-14-9-13-25(20-27)37-34(41)30(39-33(40)23-11-7-6-8-12-23)19-24-17-18-26(43-3)21-31(24)44-4/h6-21,32H,5H2,1-4H3,(H,37,41)(H,38,42)(H,39,40)/b30-19+. The molecule has 0 fully saturated rings. The highest BCUT2D eigenvalue weighted by Gasteiger charge is 2.20. The van der Waals surface area contributed by atoms with Crippen molar-refractivity contribution in [1.82, 2.24) is 5.32 Å². The van der Waals surface area contributed by atoms with E-state index in [1.54, 1.807) is 92.0 Å². The Morgan fingerprint density at radius 3 is 2.36 bits per heavy atom. The van der Waals surface area contributed by atoms with E-state index in [0.29, 0.717) is 45.4 Å². The number of hydrogen-bond acceptors (Lipinski definition) is 6. The Bertz CT molecular complexity index is 1710. The maximum atomic E-state index is 13.6. The van der Waals surface area contributed by atoms with Gasteiger partial charge in [-0.2, -0.15) is 0 Å². The summed E-state index contributed by atoms with van der Waals surface area (Å²) >= 11 is 7.61. The molecular weight excluding hydrogens is 610 g/mol. The fraction of sp³-hybridized carbons (Fsp3) is 0.171. The number of anilines is 2. The van der Waals surface area contributed by atoms with E-state index in [1.807, 2.05) is 26.0 Å². The summed E-state index contributed by atoms with van der Waals surface area (Å²) in [7, 11) is 3.06. The number of carbonyl (C=O) groups is 3. The van der Waals surface area contributed by atoms with Crippen molar-refractivity contribution in [3.8, 4) is 11.5 Å². The molecule has 10 heteroatoms. The van der Waals surface area contributed by atoms with Gasteiger partial charge in [-0.05, 0) is 79.6 Å². The van der Waals surface area contributed by atoms with Crippen LogP contribution in [-0.4, -0.2) is 37.2 Å². The van der Waals surface area contributed by atoms with Crippen LogP contribution >= 0.6 is 23.4 Å². The van der Waals surface area contributed by atoms with E-state index >= 15 is 0 Å². The molecule has 8 nitrogen and oxygen atoms in total. The third kappa shape index (κ3) is 8.90. The summed E-state index contributed by atoms with van der Waals surface area (Å²) in [6.45, 7) is 3.79. The first-order valence-electron chi connectivity index (χ1n) is 14.2. The van der Waals surface area contributed by atoms with Gasteiger partial charge in [-0.25, -0.2) is 0 Å². The van der Waals surface area contributed by atoms with E-state index < -0.39 is 17.1 Å². The van der Waals surface area contributed by atoms with Gasteiger partial charge in [0, 0.05) is 38.5 Å². The lowest BCUT2D eigenvalue weighted by molar-refractivity contribution is -0.116. The van der Waals surface area contributed by atoms with E-state index in [0.717, 1.165) is 10.5 Å². The molecule has 3 N–H and O–H groups in total. The number of halogens is 1. The lowest BCUT2D eigenvalue weighted by Gasteiger charge is -2.17. The van der Waals surface area contributed by atoms with E-state index in [4.69, 9.17) is 21.1 Å². The molecule has 0 radical (unpaired) electrons. The lowest BCUT2D eigenvalue weighted by atomic mass is 10.1. The summed E-state index contributed by atoms with van der Waals surface area (Å²) in [5.41, 5.74) is 2.92. The molecule has 4 aromatic carbocycles. The Morgan fingerprint density at radius 2 is 1.64 bits per heavy atom. The molecule has 3 amide bonds. The predicted molar refractivity (Wildman–Crippen MR) is 181 cm³/mol. The summed E-state index contributed by atoms with van der Waals surface area (Å²) in [4.78, 5) is 40.6. The van der Waals surface area contributed by atoms with E-state index in [1.165, 1.54) is 18.9 Å². The number of nitrogens with one attached hydrogen (secondary N) is 3. The quantitative estimate of drug-likeness (QED) is 0.109. The van der Waals surface area contributed by atoms with Crippen LogP contribution < -0.4 is 25.4 Å². The zero-order valence-corrected chi connectivity index (χ0v) is 26.9. The van der Waals surface area contributed by atoms with Crippen LogP contribution in [0, 0.1) is 6.92 Å². The van der Waals surface area contributed by atoms with Crippen LogP contribution in [0.25, 0.3) is 6.08 Å². The van der Waals surface area contributed by atoms with Gasteiger partial charge in [0.05, 0.1) is 19.5 Å². The van der Waals surface area contributed by atoms with Crippen molar-refractivity contribution in [1.29, 1.82) is 0 Å². The molecule has 1 unspecified atom stereocenters. The maximum absolute atomic E-state index is 13.6. The average molecular weight is 644 g/mol. The first-order chi connectivity index (χ1) is 21.7. The van der Waals surface area contributed by atoms with Crippen molar-refractivity contribution < 1.29 is 23.9 Å². The van der Waals surface area contributed by atoms with Crippen LogP contribution in [-0.2, 0) is 9.59 Å². The van der Waals surface area contributed by atoms with E-state index in [-0.39, 0.29) is 11.6 Å². The maximum Gasteiger partial charge on any atom is 0.272 e. The fourth-order valence-electron chi connectivity index (χ4n) is 4.32. The summed E-state index contributed by atoms with van der Waals surface area (Å²) in [5, 5.41) is 8.78. The highest BCUT2D eigenvalue weighted by atomic mass is 35.5. The van der Waals surface area contributed by atoms with Crippen LogP contribution in [0.2, 0.25) is 5.02 Å². The monoisotopic (exact) mass is 643 g/mol. The third-order valence-corrected chi connectivity index (χ3v) is 8.60. The Kier molecular flexibility index (Phi) is 11.7. The van der Waals surface area contributed by atoms with E-state index in [9.17, 15) is 14.4 Å². The molecule has 0 saturated carbocycles. The van der Waals surface area contributed by atoms with Crippen LogP contribution in [0.4, 0.5) is 11.4 Å². The number of carbonyl (C=O) groups excluding carboxylic acids is 3. The first kappa shape index (κ1) is 33.2. The zero-order valence-electron chi connectivity index (χ0n) is 25.3. The largest absolute Gasteiger partial charge is 0.497 e. The number of amides is 3. The van der Waals surface area contributed by atoms with Crippen molar-refractivity contribution in [3.05, 3.63) is 118 Å². The molecule has 0 aromatic heterocycles. The van der Waals surface area contributed by atoms with Gasteiger partial charge < -0.3 is 25.4 Å². The summed E-state index contributed by atoms with van der Waals surface area (Å²) in [6, 6.07) is 26.3. The number of methoxy groups -OCH3 is 2. The molecule has 1 atom stereocenters. The van der Waals surface area contributed by atoms with Gasteiger partial charge in [0.25, 0.3) is 11.8 Å². The lowest BCUT2D eigenvalue weighted by Crippen LogP contribution is -2.30. The minimum absolute atomic E-state index is 0.00748. The second-order valence-corrected chi connectivity index (χ2v) is 11.6. The van der Waals surface area contributed by atoms with Crippen LogP contribution in [0.15, 0.2) is 102 Å². The van der Waals surface area contributed by atoms with Crippen molar-refractivity contribution in [2.24, 2.45) is 0 Å². The molecule has 0 aliphatic heterocycles. The van der Waals surface area contributed by atoms with Gasteiger partial charge in [-0.3, -0.25) is 14.4 Å². The second-order valence-electron chi connectivity index (χ2n) is 9.88. The van der Waals surface area contributed by atoms with E-state index in [2.05, 4.69) is 16.0 Å². The highest BCUT2D eigenvalue weighted by Crippen LogP contribution is 2.31. The molecule has 232 valence electrons. The van der Waals surface area contributed by atoms with Crippen LogP contribution in [0.5, 0.6) is 11.5 Å². The number of ether oxygens (including phenoxy) is 2. The third-order valence-electron chi connectivity index (χ3n) is 6.83. The molecule has 0 aliphatic rings. The number of hydrogen-bond donors (Lipinski definition) is 3. The number of thioether (sulfide) groups is 1. The highest BCUT2D eigenvalue weighted by molar-refractivity contribution is 8.00. The number of benzene rings is 4. The molecule has 0 spiro atoms. The average Bonchev–Trinajstić information content (AvgIpc) is 3.06. The Balaban J connectivity index is 1.55. The van der Waals surface area contributed by atoms with Crippen molar-refractivity contribution in [2.45, 2.75) is 30.4 Å². The summed E-state index contributed by atoms with van der Waals surface area (Å²) in [6.07, 6.45) is 2.12. The van der Waals surface area contributed by atoms with Gasteiger partial charge in [0.1, 0.15) is 17.2 Å². The van der Waals surface area contributed by atoms with Crippen molar-refractivity contribution in [2.75, 3.05) is 24.9 Å². The fourth-order valence-corrected chi connectivity index (χ4v) is 5.51. The normalized spacial score (nSPS) is 11.7. The number of rotatable bonds is 12.